The Labute approximate surface area is 171 Å². The highest BCUT2D eigenvalue weighted by Crippen LogP contribution is 2.37. The van der Waals surface area contributed by atoms with Crippen LogP contribution in [0.3, 0.4) is 0 Å². The van der Waals surface area contributed by atoms with Gasteiger partial charge in [0.2, 0.25) is 0 Å². The lowest BCUT2D eigenvalue weighted by atomic mass is 10.1. The number of rotatable bonds is 6. The molecule has 8 nitrogen and oxygen atoms in total. The van der Waals surface area contributed by atoms with Crippen LogP contribution >= 0.6 is 0 Å². The summed E-state index contributed by atoms with van der Waals surface area (Å²) in [5.74, 6) is 1.33. The Hall–Kier alpha value is -4.19. The molecule has 0 aliphatic carbocycles. The van der Waals surface area contributed by atoms with Crippen molar-refractivity contribution in [3.8, 4) is 34.6 Å². The number of nitrogens with zero attached hydrogens (tertiary/aromatic N) is 3. The van der Waals surface area contributed by atoms with Gasteiger partial charge in [-0.15, -0.1) is 0 Å². The van der Waals surface area contributed by atoms with Crippen molar-refractivity contribution in [1.82, 2.24) is 14.6 Å². The molecule has 2 N–H and O–H groups in total. The molecular formula is C21H18FN5O3. The number of hydrogen-bond acceptors (Lipinski definition) is 6. The molecule has 0 fully saturated rings. The number of anilines is 2. The summed E-state index contributed by atoms with van der Waals surface area (Å²) in [5, 5.41) is 15.7. The molecule has 0 bridgehead atoms. The standard InChI is InChI=1S/C21H18FN5O3/c1-28-16-7-4-12(8-18(16)30-3)19-21(27-20(26-19)13(10-23)11-24-27)25-14-5-6-15(22)17(9-14)29-2/h4-9,11,24-25H,1-3H3. The van der Waals surface area contributed by atoms with Gasteiger partial charge in [-0.2, -0.15) is 5.26 Å². The van der Waals surface area contributed by atoms with Crippen LogP contribution in [0.2, 0.25) is 0 Å². The Morgan fingerprint density at radius 1 is 1.03 bits per heavy atom. The average Bonchev–Trinajstić information content (AvgIpc) is 3.34. The molecule has 9 heteroatoms. The third kappa shape index (κ3) is 3.14. The normalized spacial score (nSPS) is 10.6. The predicted molar refractivity (Wildman–Crippen MR) is 109 cm³/mol. The lowest BCUT2D eigenvalue weighted by Gasteiger charge is -2.12. The molecule has 152 valence electrons. The van der Waals surface area contributed by atoms with E-state index in [2.05, 4.69) is 21.5 Å². The first-order valence-electron chi connectivity index (χ1n) is 8.92. The van der Waals surface area contributed by atoms with E-state index in [4.69, 9.17) is 14.2 Å². The van der Waals surface area contributed by atoms with Crippen molar-refractivity contribution in [3.05, 3.63) is 54.0 Å². The second kappa shape index (κ2) is 7.67. The van der Waals surface area contributed by atoms with E-state index in [1.165, 1.54) is 13.2 Å². The number of fused-ring (bicyclic) bond motifs is 1. The van der Waals surface area contributed by atoms with Crippen LogP contribution in [0.4, 0.5) is 15.9 Å². The molecule has 0 atom stereocenters. The zero-order chi connectivity index (χ0) is 21.3. The second-order valence-corrected chi connectivity index (χ2v) is 6.31. The van der Waals surface area contributed by atoms with Gasteiger partial charge in [0.05, 0.1) is 21.3 Å². The zero-order valence-electron chi connectivity index (χ0n) is 16.5. The number of ether oxygens (including phenoxy) is 3. The smallest absolute Gasteiger partial charge is 0.173 e. The van der Waals surface area contributed by atoms with E-state index in [-0.39, 0.29) is 5.75 Å². The molecule has 2 heterocycles. The van der Waals surface area contributed by atoms with Gasteiger partial charge in [-0.3, -0.25) is 5.10 Å². The molecule has 0 aliphatic heterocycles. The molecule has 4 aromatic rings. The van der Waals surface area contributed by atoms with E-state index in [1.807, 2.05) is 6.07 Å². The molecule has 30 heavy (non-hydrogen) atoms. The summed E-state index contributed by atoms with van der Waals surface area (Å²) in [5.41, 5.74) is 2.75. The lowest BCUT2D eigenvalue weighted by Crippen LogP contribution is -1.99. The van der Waals surface area contributed by atoms with Gasteiger partial charge in [-0.05, 0) is 30.3 Å². The monoisotopic (exact) mass is 407 g/mol. The Balaban J connectivity index is 1.88. The van der Waals surface area contributed by atoms with E-state index >= 15 is 0 Å². The van der Waals surface area contributed by atoms with Gasteiger partial charge in [0.15, 0.2) is 34.5 Å². The topological polar surface area (TPSA) is 96.6 Å². The second-order valence-electron chi connectivity index (χ2n) is 6.31. The minimum atomic E-state index is -0.465. The Kier molecular flexibility index (Phi) is 4.90. The van der Waals surface area contributed by atoms with E-state index in [1.54, 1.807) is 49.2 Å². The number of H-pyrrole nitrogens is 1. The SMILES string of the molecule is COc1cc(Nc2c(-c3ccc(OC)c(OC)c3)nc3c(C#N)c[nH]n23)ccc1F. The van der Waals surface area contributed by atoms with Crippen LogP contribution in [0.1, 0.15) is 5.56 Å². The first kappa shape index (κ1) is 19.1. The molecule has 0 radical (unpaired) electrons. The fourth-order valence-electron chi connectivity index (χ4n) is 3.18. The van der Waals surface area contributed by atoms with Crippen molar-refractivity contribution >= 4 is 17.2 Å². The van der Waals surface area contributed by atoms with Crippen molar-refractivity contribution in [3.63, 3.8) is 0 Å². The molecule has 0 saturated carbocycles. The van der Waals surface area contributed by atoms with Crippen LogP contribution in [0.25, 0.3) is 16.9 Å². The first-order chi connectivity index (χ1) is 14.6. The minimum absolute atomic E-state index is 0.109. The number of aromatic amines is 1. The van der Waals surface area contributed by atoms with E-state index < -0.39 is 5.82 Å². The van der Waals surface area contributed by atoms with Crippen LogP contribution in [0, 0.1) is 17.1 Å². The summed E-state index contributed by atoms with van der Waals surface area (Å²) in [7, 11) is 4.51. The van der Waals surface area contributed by atoms with Crippen molar-refractivity contribution in [1.29, 1.82) is 5.26 Å². The third-order valence-electron chi connectivity index (χ3n) is 4.65. The van der Waals surface area contributed by atoms with Gasteiger partial charge in [0.1, 0.15) is 17.3 Å². The Morgan fingerprint density at radius 3 is 2.50 bits per heavy atom. The molecule has 2 aromatic heterocycles. The van der Waals surface area contributed by atoms with Crippen molar-refractivity contribution in [2.24, 2.45) is 0 Å². The molecular weight excluding hydrogens is 389 g/mol. The molecule has 2 aromatic carbocycles. The van der Waals surface area contributed by atoms with Crippen LogP contribution in [-0.4, -0.2) is 35.9 Å². The summed E-state index contributed by atoms with van der Waals surface area (Å²) in [6.45, 7) is 0. The predicted octanol–water partition coefficient (Wildman–Crippen LogP) is 4.11. The highest BCUT2D eigenvalue weighted by atomic mass is 19.1. The maximum atomic E-state index is 13.8. The van der Waals surface area contributed by atoms with Gasteiger partial charge in [0.25, 0.3) is 0 Å². The molecule has 4 rings (SSSR count). The number of aromatic nitrogens is 3. The van der Waals surface area contributed by atoms with Crippen LogP contribution in [0.5, 0.6) is 17.2 Å². The minimum Gasteiger partial charge on any atom is -0.494 e. The average molecular weight is 407 g/mol. The highest BCUT2D eigenvalue weighted by Gasteiger charge is 2.20. The lowest BCUT2D eigenvalue weighted by molar-refractivity contribution is 0.355. The number of benzene rings is 2. The van der Waals surface area contributed by atoms with Crippen molar-refractivity contribution < 1.29 is 18.6 Å². The van der Waals surface area contributed by atoms with Gasteiger partial charge in [-0.25, -0.2) is 13.9 Å². The number of imidazole rings is 1. The van der Waals surface area contributed by atoms with Crippen LogP contribution in [0.15, 0.2) is 42.6 Å². The molecule has 0 aliphatic rings. The number of nitrogens with one attached hydrogen (secondary N) is 2. The number of halogens is 1. The highest BCUT2D eigenvalue weighted by molar-refractivity contribution is 5.82. The summed E-state index contributed by atoms with van der Waals surface area (Å²) in [6.07, 6.45) is 1.57. The largest absolute Gasteiger partial charge is 0.494 e. The summed E-state index contributed by atoms with van der Waals surface area (Å²) >= 11 is 0. The number of hydrogen-bond donors (Lipinski definition) is 2. The van der Waals surface area contributed by atoms with Crippen LogP contribution < -0.4 is 19.5 Å². The summed E-state index contributed by atoms with van der Waals surface area (Å²) in [4.78, 5) is 4.65. The van der Waals surface area contributed by atoms with Crippen molar-refractivity contribution in [2.75, 3.05) is 26.6 Å². The molecule has 0 spiro atoms. The van der Waals surface area contributed by atoms with Gasteiger partial charge in [-0.1, -0.05) is 0 Å². The van der Waals surface area contributed by atoms with E-state index in [9.17, 15) is 9.65 Å². The zero-order valence-corrected chi connectivity index (χ0v) is 16.5. The van der Waals surface area contributed by atoms with Crippen molar-refractivity contribution in [2.45, 2.75) is 0 Å². The van der Waals surface area contributed by atoms with E-state index in [0.29, 0.717) is 39.9 Å². The molecule has 0 unspecified atom stereocenters. The van der Waals surface area contributed by atoms with E-state index in [0.717, 1.165) is 5.56 Å². The summed E-state index contributed by atoms with van der Waals surface area (Å²) < 4.78 is 31.2. The quantitative estimate of drug-likeness (QED) is 0.499. The number of nitriles is 1. The fourth-order valence-corrected chi connectivity index (χ4v) is 3.18. The van der Waals surface area contributed by atoms with Gasteiger partial charge in [0, 0.05) is 23.5 Å². The van der Waals surface area contributed by atoms with Gasteiger partial charge < -0.3 is 19.5 Å². The Bertz CT molecular complexity index is 1270. The van der Waals surface area contributed by atoms with Gasteiger partial charge >= 0.3 is 0 Å². The molecule has 0 amide bonds. The number of methoxy groups -OCH3 is 3. The Morgan fingerprint density at radius 2 is 1.80 bits per heavy atom. The maximum Gasteiger partial charge on any atom is 0.173 e. The maximum absolute atomic E-state index is 13.8. The van der Waals surface area contributed by atoms with Crippen LogP contribution in [-0.2, 0) is 0 Å². The fraction of sp³-hybridized carbons (Fsp3) is 0.143. The molecule has 0 saturated heterocycles. The summed E-state index contributed by atoms with van der Waals surface area (Å²) in [6, 6.07) is 12.0. The third-order valence-corrected chi connectivity index (χ3v) is 4.65. The first-order valence-corrected chi connectivity index (χ1v) is 8.92.